The van der Waals surface area contributed by atoms with Crippen LogP contribution in [0.25, 0.3) is 6.08 Å². The predicted octanol–water partition coefficient (Wildman–Crippen LogP) is 4.23. The van der Waals surface area contributed by atoms with Gasteiger partial charge in [0.1, 0.15) is 33.7 Å². The molecular weight excluding hydrogens is 474 g/mol. The first-order valence-electron chi connectivity index (χ1n) is 10.00. The van der Waals surface area contributed by atoms with E-state index >= 15 is 0 Å². The van der Waals surface area contributed by atoms with E-state index in [1.165, 1.54) is 73.8 Å². The number of anilines is 1. The van der Waals surface area contributed by atoms with Crippen molar-refractivity contribution in [3.05, 3.63) is 93.5 Å². The van der Waals surface area contributed by atoms with Crippen LogP contribution in [0.15, 0.2) is 77.2 Å². The van der Waals surface area contributed by atoms with E-state index in [9.17, 15) is 28.6 Å². The van der Waals surface area contributed by atoms with Crippen molar-refractivity contribution in [1.29, 1.82) is 5.26 Å². The van der Waals surface area contributed by atoms with Crippen LogP contribution in [0.3, 0.4) is 0 Å². The zero-order valence-corrected chi connectivity index (χ0v) is 19.4. The second-order valence-corrected chi connectivity index (χ2v) is 8.73. The Kier molecular flexibility index (Phi) is 7.48. The second-order valence-electron chi connectivity index (χ2n) is 7.18. The Morgan fingerprint density at radius 1 is 1.06 bits per heavy atom. The number of amides is 1. The van der Waals surface area contributed by atoms with Crippen molar-refractivity contribution in [3.63, 3.8) is 0 Å². The van der Waals surface area contributed by atoms with Crippen LogP contribution in [0, 0.1) is 28.4 Å². The quantitative estimate of drug-likeness (QED) is 0.161. The number of nitrogens with one attached hydrogen (secondary N) is 1. The SMILES string of the molecule is COc1ccc(S(=O)(=O)Oc2ccc(/C=C(\C#N)C(=O)Nc3ccc(C)cc3[N+](=O)[O-])cc2)cc1. The van der Waals surface area contributed by atoms with E-state index in [1.54, 1.807) is 19.1 Å². The van der Waals surface area contributed by atoms with Crippen molar-refractivity contribution >= 4 is 33.5 Å². The molecule has 0 fully saturated rings. The van der Waals surface area contributed by atoms with Crippen LogP contribution in [-0.2, 0) is 14.9 Å². The Balaban J connectivity index is 1.76. The summed E-state index contributed by atoms with van der Waals surface area (Å²) in [6, 6.07) is 17.4. The summed E-state index contributed by atoms with van der Waals surface area (Å²) < 4.78 is 35.0. The first-order valence-corrected chi connectivity index (χ1v) is 11.4. The molecule has 0 aliphatic heterocycles. The molecule has 0 saturated carbocycles. The Morgan fingerprint density at radius 3 is 2.26 bits per heavy atom. The molecule has 11 heteroatoms. The lowest BCUT2D eigenvalue weighted by molar-refractivity contribution is -0.384. The van der Waals surface area contributed by atoms with Crippen LogP contribution >= 0.6 is 0 Å². The minimum Gasteiger partial charge on any atom is -0.497 e. The van der Waals surface area contributed by atoms with Crippen molar-refractivity contribution in [2.24, 2.45) is 0 Å². The van der Waals surface area contributed by atoms with Crippen molar-refractivity contribution in [1.82, 2.24) is 0 Å². The molecule has 3 aromatic carbocycles. The van der Waals surface area contributed by atoms with E-state index in [0.717, 1.165) is 0 Å². The summed E-state index contributed by atoms with van der Waals surface area (Å²) in [4.78, 5) is 23.1. The van der Waals surface area contributed by atoms with Gasteiger partial charge in [-0.05, 0) is 66.6 Å². The Bertz CT molecular complexity index is 1440. The van der Waals surface area contributed by atoms with Gasteiger partial charge in [0.25, 0.3) is 11.6 Å². The van der Waals surface area contributed by atoms with E-state index in [0.29, 0.717) is 16.9 Å². The number of ether oxygens (including phenoxy) is 1. The minimum absolute atomic E-state index is 0.0243. The first-order chi connectivity index (χ1) is 16.6. The molecule has 0 unspecified atom stereocenters. The fraction of sp³-hybridized carbons (Fsp3) is 0.0833. The number of benzene rings is 3. The van der Waals surface area contributed by atoms with Crippen molar-refractivity contribution in [3.8, 4) is 17.6 Å². The molecule has 0 radical (unpaired) electrons. The van der Waals surface area contributed by atoms with Gasteiger partial charge in [0.05, 0.1) is 12.0 Å². The standard InChI is InChI=1S/C24H19N3O7S/c1-16-3-12-22(23(13-16)27(29)30)26-24(28)18(15-25)14-17-4-6-20(7-5-17)34-35(31,32)21-10-8-19(33-2)9-11-21/h3-14H,1-2H3,(H,26,28)/b18-14+. The molecule has 0 saturated heterocycles. The number of aryl methyl sites for hydroxylation is 1. The number of carbonyl (C=O) groups is 1. The fourth-order valence-corrected chi connectivity index (χ4v) is 3.87. The third-order valence-corrected chi connectivity index (χ3v) is 5.97. The van der Waals surface area contributed by atoms with Crippen molar-refractivity contribution < 1.29 is 27.1 Å². The molecule has 0 bridgehead atoms. The zero-order valence-electron chi connectivity index (χ0n) is 18.6. The second kappa shape index (κ2) is 10.5. The number of nitro groups is 1. The van der Waals surface area contributed by atoms with Gasteiger partial charge in [-0.25, -0.2) is 0 Å². The number of hydrogen-bond acceptors (Lipinski definition) is 8. The van der Waals surface area contributed by atoms with Gasteiger partial charge in [0, 0.05) is 6.07 Å². The zero-order chi connectivity index (χ0) is 25.6. The summed E-state index contributed by atoms with van der Waals surface area (Å²) in [7, 11) is -2.62. The topological polar surface area (TPSA) is 149 Å². The van der Waals surface area contributed by atoms with Gasteiger partial charge in [0.2, 0.25) is 0 Å². The third kappa shape index (κ3) is 6.21. The lowest BCUT2D eigenvalue weighted by atomic mass is 10.1. The molecule has 0 aliphatic carbocycles. The van der Waals surface area contributed by atoms with E-state index in [4.69, 9.17) is 8.92 Å². The number of hydrogen-bond donors (Lipinski definition) is 1. The molecule has 0 aromatic heterocycles. The number of methoxy groups -OCH3 is 1. The summed E-state index contributed by atoms with van der Waals surface area (Å²) in [5.74, 6) is -0.313. The maximum atomic E-state index is 12.5. The largest absolute Gasteiger partial charge is 0.497 e. The van der Waals surface area contributed by atoms with Gasteiger partial charge in [-0.3, -0.25) is 14.9 Å². The minimum atomic E-state index is -4.08. The van der Waals surface area contributed by atoms with Crippen LogP contribution in [0.5, 0.6) is 11.5 Å². The highest BCUT2D eigenvalue weighted by atomic mass is 32.2. The van der Waals surface area contributed by atoms with Gasteiger partial charge < -0.3 is 14.2 Å². The average molecular weight is 493 g/mol. The molecule has 35 heavy (non-hydrogen) atoms. The van der Waals surface area contributed by atoms with E-state index < -0.39 is 20.9 Å². The molecular formula is C24H19N3O7S. The number of rotatable bonds is 8. The Morgan fingerprint density at radius 2 is 1.69 bits per heavy atom. The summed E-state index contributed by atoms with van der Waals surface area (Å²) in [5.41, 5.74) is 0.403. The maximum absolute atomic E-state index is 12.5. The molecule has 3 rings (SSSR count). The molecule has 3 aromatic rings. The molecule has 10 nitrogen and oxygen atoms in total. The van der Waals surface area contributed by atoms with Gasteiger partial charge in [-0.1, -0.05) is 18.2 Å². The fourth-order valence-electron chi connectivity index (χ4n) is 2.94. The van der Waals surface area contributed by atoms with Gasteiger partial charge in [0.15, 0.2) is 0 Å². The highest BCUT2D eigenvalue weighted by Gasteiger charge is 2.19. The monoisotopic (exact) mass is 493 g/mol. The lowest BCUT2D eigenvalue weighted by Gasteiger charge is -2.08. The van der Waals surface area contributed by atoms with Crippen LogP contribution < -0.4 is 14.2 Å². The third-order valence-electron chi connectivity index (χ3n) is 4.71. The molecule has 0 spiro atoms. The molecule has 1 N–H and O–H groups in total. The molecule has 0 heterocycles. The summed E-state index contributed by atoms with van der Waals surface area (Å²) >= 11 is 0. The van der Waals surface area contributed by atoms with E-state index in [2.05, 4.69) is 5.32 Å². The molecule has 178 valence electrons. The summed E-state index contributed by atoms with van der Waals surface area (Å²) in [6.45, 7) is 1.68. The predicted molar refractivity (Wildman–Crippen MR) is 127 cm³/mol. The maximum Gasteiger partial charge on any atom is 0.339 e. The van der Waals surface area contributed by atoms with E-state index in [-0.39, 0.29) is 27.6 Å². The normalized spacial score (nSPS) is 11.3. The summed E-state index contributed by atoms with van der Waals surface area (Å²) in [5, 5.41) is 23.0. The van der Waals surface area contributed by atoms with E-state index in [1.807, 2.05) is 0 Å². The Hall–Kier alpha value is -4.69. The van der Waals surface area contributed by atoms with Crippen molar-refractivity contribution in [2.45, 2.75) is 11.8 Å². The molecule has 0 aliphatic rings. The van der Waals surface area contributed by atoms with Gasteiger partial charge >= 0.3 is 10.1 Å². The smallest absolute Gasteiger partial charge is 0.339 e. The summed E-state index contributed by atoms with van der Waals surface area (Å²) in [6.07, 6.45) is 1.26. The first kappa shape index (κ1) is 24.9. The van der Waals surface area contributed by atoms with Gasteiger partial charge in [-0.15, -0.1) is 0 Å². The highest BCUT2D eigenvalue weighted by Crippen LogP contribution is 2.26. The van der Waals surface area contributed by atoms with Gasteiger partial charge in [-0.2, -0.15) is 13.7 Å². The van der Waals surface area contributed by atoms with Crippen molar-refractivity contribution in [2.75, 3.05) is 12.4 Å². The van der Waals surface area contributed by atoms with Crippen LogP contribution in [0.1, 0.15) is 11.1 Å². The number of nitro benzene ring substituents is 1. The average Bonchev–Trinajstić information content (AvgIpc) is 2.84. The number of nitrogens with zero attached hydrogens (tertiary/aromatic N) is 2. The molecule has 0 atom stereocenters. The Labute approximate surface area is 201 Å². The lowest BCUT2D eigenvalue weighted by Crippen LogP contribution is -2.14. The van der Waals surface area contributed by atoms with Crippen LogP contribution in [0.4, 0.5) is 11.4 Å². The molecule has 1 amide bonds. The van der Waals surface area contributed by atoms with Crippen LogP contribution in [-0.4, -0.2) is 26.4 Å². The number of carbonyl (C=O) groups excluding carboxylic acids is 1. The number of nitriles is 1. The van der Waals surface area contributed by atoms with Crippen LogP contribution in [0.2, 0.25) is 0 Å². The highest BCUT2D eigenvalue weighted by molar-refractivity contribution is 7.87.